The van der Waals surface area contributed by atoms with Gasteiger partial charge in [0.15, 0.2) is 5.78 Å². The van der Waals surface area contributed by atoms with E-state index in [9.17, 15) is 4.79 Å². The molecule has 0 radical (unpaired) electrons. The number of hydrogen-bond donors (Lipinski definition) is 1. The van der Waals surface area contributed by atoms with Crippen LogP contribution in [0.2, 0.25) is 0 Å². The molecular formula is C12H20N2O2. The molecule has 1 aromatic rings. The van der Waals surface area contributed by atoms with E-state index in [1.165, 1.54) is 0 Å². The van der Waals surface area contributed by atoms with Gasteiger partial charge in [-0.15, -0.1) is 0 Å². The molecule has 16 heavy (non-hydrogen) atoms. The van der Waals surface area contributed by atoms with Crippen molar-refractivity contribution in [1.82, 2.24) is 9.47 Å². The van der Waals surface area contributed by atoms with Crippen LogP contribution >= 0.6 is 0 Å². The highest BCUT2D eigenvalue weighted by molar-refractivity contribution is 5.97. The standard InChI is InChI=1S/C12H20N2O2/c1-3-5-14(7-8-15)10-12(16)11-4-6-13(2)9-11/h4,6,9,15H,3,5,7-8,10H2,1-2H3. The first-order valence-corrected chi connectivity index (χ1v) is 5.65. The van der Waals surface area contributed by atoms with Crippen LogP contribution in [0.15, 0.2) is 18.5 Å². The van der Waals surface area contributed by atoms with Crippen molar-refractivity contribution in [1.29, 1.82) is 0 Å². The molecule has 1 aromatic heterocycles. The van der Waals surface area contributed by atoms with Gasteiger partial charge < -0.3 is 9.67 Å². The van der Waals surface area contributed by atoms with Crippen molar-refractivity contribution in [2.45, 2.75) is 13.3 Å². The van der Waals surface area contributed by atoms with E-state index < -0.39 is 0 Å². The summed E-state index contributed by atoms with van der Waals surface area (Å²) in [5.74, 6) is 0.113. The van der Waals surface area contributed by atoms with E-state index in [0.29, 0.717) is 13.1 Å². The van der Waals surface area contributed by atoms with Crippen molar-refractivity contribution in [3.8, 4) is 0 Å². The summed E-state index contributed by atoms with van der Waals surface area (Å²) in [5.41, 5.74) is 0.738. The lowest BCUT2D eigenvalue weighted by Crippen LogP contribution is -2.33. The maximum Gasteiger partial charge on any atom is 0.178 e. The molecule has 0 saturated heterocycles. The molecular weight excluding hydrogens is 204 g/mol. The second-order valence-corrected chi connectivity index (χ2v) is 3.99. The largest absolute Gasteiger partial charge is 0.395 e. The molecule has 0 amide bonds. The van der Waals surface area contributed by atoms with Crippen molar-refractivity contribution in [2.24, 2.45) is 7.05 Å². The third-order valence-electron chi connectivity index (χ3n) is 2.48. The SMILES string of the molecule is CCCN(CCO)CC(=O)c1ccn(C)c1. The molecule has 1 heterocycles. The van der Waals surface area contributed by atoms with Gasteiger partial charge in [0.2, 0.25) is 0 Å². The van der Waals surface area contributed by atoms with Gasteiger partial charge in [0.1, 0.15) is 0 Å². The first-order chi connectivity index (χ1) is 7.67. The molecule has 0 aromatic carbocycles. The molecule has 4 heteroatoms. The number of ketones is 1. The van der Waals surface area contributed by atoms with Crippen LogP contribution in [-0.4, -0.2) is 46.6 Å². The van der Waals surface area contributed by atoms with Gasteiger partial charge in [0.25, 0.3) is 0 Å². The average Bonchev–Trinajstić information content (AvgIpc) is 2.65. The third-order valence-corrected chi connectivity index (χ3v) is 2.48. The van der Waals surface area contributed by atoms with Gasteiger partial charge in [-0.2, -0.15) is 0 Å². The Kier molecular flexibility index (Phi) is 5.22. The molecule has 90 valence electrons. The first kappa shape index (κ1) is 12.9. The lowest BCUT2D eigenvalue weighted by atomic mass is 10.2. The number of aliphatic hydroxyl groups is 1. The molecule has 0 aliphatic carbocycles. The van der Waals surface area contributed by atoms with Crippen LogP contribution in [0.5, 0.6) is 0 Å². The Labute approximate surface area is 96.5 Å². The zero-order chi connectivity index (χ0) is 12.0. The summed E-state index contributed by atoms with van der Waals surface area (Å²) in [6.45, 7) is 3.96. The highest BCUT2D eigenvalue weighted by atomic mass is 16.3. The summed E-state index contributed by atoms with van der Waals surface area (Å²) in [6, 6.07) is 1.82. The van der Waals surface area contributed by atoms with Gasteiger partial charge >= 0.3 is 0 Å². The number of carbonyl (C=O) groups excluding carboxylic acids is 1. The van der Waals surface area contributed by atoms with Crippen molar-refractivity contribution in [3.63, 3.8) is 0 Å². The van der Waals surface area contributed by atoms with Crippen LogP contribution < -0.4 is 0 Å². The molecule has 0 aliphatic rings. The van der Waals surface area contributed by atoms with E-state index in [1.54, 1.807) is 0 Å². The first-order valence-electron chi connectivity index (χ1n) is 5.65. The highest BCUT2D eigenvalue weighted by Gasteiger charge is 2.12. The predicted octanol–water partition coefficient (Wildman–Crippen LogP) is 0.912. The number of aliphatic hydroxyl groups excluding tert-OH is 1. The second-order valence-electron chi connectivity index (χ2n) is 3.99. The Morgan fingerprint density at radius 3 is 2.75 bits per heavy atom. The molecule has 0 atom stereocenters. The van der Waals surface area contributed by atoms with Crippen molar-refractivity contribution in [3.05, 3.63) is 24.0 Å². The van der Waals surface area contributed by atoms with E-state index in [1.807, 2.05) is 35.0 Å². The molecule has 0 bridgehead atoms. The van der Waals surface area contributed by atoms with E-state index in [2.05, 4.69) is 6.92 Å². The lowest BCUT2D eigenvalue weighted by molar-refractivity contribution is 0.0915. The minimum atomic E-state index is 0.0993. The minimum absolute atomic E-state index is 0.0993. The Morgan fingerprint density at radius 2 is 2.25 bits per heavy atom. The van der Waals surface area contributed by atoms with Gasteiger partial charge in [0.05, 0.1) is 13.2 Å². The summed E-state index contributed by atoms with van der Waals surface area (Å²) in [7, 11) is 1.90. The topological polar surface area (TPSA) is 45.5 Å². The Morgan fingerprint density at radius 1 is 1.50 bits per heavy atom. The molecule has 1 N–H and O–H groups in total. The van der Waals surface area contributed by atoms with Gasteiger partial charge in [-0.1, -0.05) is 6.92 Å². The zero-order valence-corrected chi connectivity index (χ0v) is 10.0. The lowest BCUT2D eigenvalue weighted by Gasteiger charge is -2.19. The molecule has 0 spiro atoms. The number of aromatic nitrogens is 1. The number of nitrogens with zero attached hydrogens (tertiary/aromatic N) is 2. The Bertz CT molecular complexity index is 328. The monoisotopic (exact) mass is 224 g/mol. The Balaban J connectivity index is 2.54. The number of hydrogen-bond acceptors (Lipinski definition) is 3. The van der Waals surface area contributed by atoms with Crippen molar-refractivity contribution < 1.29 is 9.90 Å². The summed E-state index contributed by atoms with van der Waals surface area (Å²) >= 11 is 0. The molecule has 4 nitrogen and oxygen atoms in total. The summed E-state index contributed by atoms with van der Waals surface area (Å²) in [5, 5.41) is 8.89. The van der Waals surface area contributed by atoms with E-state index >= 15 is 0 Å². The average molecular weight is 224 g/mol. The molecule has 0 aliphatic heterocycles. The number of Topliss-reactive ketones (excluding diaryl/α,β-unsaturated/α-hetero) is 1. The summed E-state index contributed by atoms with van der Waals surface area (Å²) in [6.07, 6.45) is 4.68. The minimum Gasteiger partial charge on any atom is -0.395 e. The third kappa shape index (κ3) is 3.79. The normalized spacial score (nSPS) is 11.0. The van der Waals surface area contributed by atoms with Crippen LogP contribution in [0.1, 0.15) is 23.7 Å². The summed E-state index contributed by atoms with van der Waals surface area (Å²) < 4.78 is 1.86. The van der Waals surface area contributed by atoms with E-state index in [0.717, 1.165) is 18.5 Å². The Hall–Kier alpha value is -1.13. The predicted molar refractivity (Wildman–Crippen MR) is 63.6 cm³/mol. The van der Waals surface area contributed by atoms with E-state index in [4.69, 9.17) is 5.11 Å². The van der Waals surface area contributed by atoms with Crippen LogP contribution in [-0.2, 0) is 7.05 Å². The quantitative estimate of drug-likeness (QED) is 0.700. The fraction of sp³-hybridized carbons (Fsp3) is 0.583. The van der Waals surface area contributed by atoms with E-state index in [-0.39, 0.29) is 12.4 Å². The zero-order valence-electron chi connectivity index (χ0n) is 10.0. The molecule has 1 rings (SSSR count). The summed E-state index contributed by atoms with van der Waals surface area (Å²) in [4.78, 5) is 13.9. The van der Waals surface area contributed by atoms with Crippen molar-refractivity contribution in [2.75, 3.05) is 26.2 Å². The number of carbonyl (C=O) groups is 1. The van der Waals surface area contributed by atoms with Crippen LogP contribution in [0.3, 0.4) is 0 Å². The van der Waals surface area contributed by atoms with Gasteiger partial charge in [0, 0.05) is 31.5 Å². The number of rotatable bonds is 7. The molecule has 0 saturated carbocycles. The maximum atomic E-state index is 11.9. The number of aryl methyl sites for hydroxylation is 1. The van der Waals surface area contributed by atoms with Crippen LogP contribution in [0.4, 0.5) is 0 Å². The molecule has 0 unspecified atom stereocenters. The van der Waals surface area contributed by atoms with Gasteiger partial charge in [-0.25, -0.2) is 0 Å². The fourth-order valence-electron chi connectivity index (χ4n) is 1.69. The maximum absolute atomic E-state index is 11.9. The fourth-order valence-corrected chi connectivity index (χ4v) is 1.69. The molecule has 0 fully saturated rings. The second kappa shape index (κ2) is 6.45. The van der Waals surface area contributed by atoms with Gasteiger partial charge in [-0.05, 0) is 19.0 Å². The van der Waals surface area contributed by atoms with Crippen molar-refractivity contribution >= 4 is 5.78 Å². The van der Waals surface area contributed by atoms with Crippen LogP contribution in [0.25, 0.3) is 0 Å². The smallest absolute Gasteiger partial charge is 0.178 e. The highest BCUT2D eigenvalue weighted by Crippen LogP contribution is 2.03. The van der Waals surface area contributed by atoms with Crippen LogP contribution in [0, 0.1) is 0 Å². The van der Waals surface area contributed by atoms with Gasteiger partial charge in [-0.3, -0.25) is 9.69 Å².